The normalized spacial score (nSPS) is 13.6. The van der Waals surface area contributed by atoms with E-state index in [4.69, 9.17) is 5.73 Å². The maximum atomic E-state index is 14.3. The van der Waals surface area contributed by atoms with Gasteiger partial charge in [-0.1, -0.05) is 60.7 Å². The Morgan fingerprint density at radius 1 is 0.653 bits per heavy atom. The fraction of sp³-hybridized carbons (Fsp3) is 0.391. The molecule has 6 atom stereocenters. The average Bonchev–Trinajstić information content (AvgIpc) is 3.74. The van der Waals surface area contributed by atoms with Gasteiger partial charge in [-0.2, -0.15) is 23.5 Å². The summed E-state index contributed by atoms with van der Waals surface area (Å²) in [5.74, 6) is -6.07. The van der Waals surface area contributed by atoms with Crippen LogP contribution in [0.5, 0.6) is 5.75 Å². The van der Waals surface area contributed by atoms with Crippen molar-refractivity contribution in [2.24, 2.45) is 5.73 Å². The Morgan fingerprint density at radius 2 is 1.15 bits per heavy atom. The van der Waals surface area contributed by atoms with E-state index < -0.39 is 107 Å². The van der Waals surface area contributed by atoms with Gasteiger partial charge in [-0.05, 0) is 71.7 Å². The van der Waals surface area contributed by atoms with E-state index in [9.17, 15) is 56.4 Å². The molecule has 4 aromatic rings. The number of fused-ring (bicyclic) bond motifs is 1. The second kappa shape index (κ2) is 30.4. The van der Waals surface area contributed by atoms with E-state index in [1.807, 2.05) is 0 Å². The van der Waals surface area contributed by atoms with Crippen molar-refractivity contribution in [1.29, 1.82) is 0 Å². The number of primary amides is 1. The van der Waals surface area contributed by atoms with E-state index in [2.05, 4.69) is 46.4 Å². The number of aromatic nitrogens is 1. The Kier molecular flexibility index (Phi) is 25.6. The molecule has 0 saturated carbocycles. The molecule has 0 radical (unpaired) electrons. The number of aromatic hydroxyl groups is 1. The van der Waals surface area contributed by atoms with E-state index in [0.29, 0.717) is 33.3 Å². The van der Waals surface area contributed by atoms with Crippen molar-refractivity contribution in [2.75, 3.05) is 37.2 Å². The molecule has 0 aliphatic carbocycles. The number of nitrogens with two attached hydrogens (primary N) is 1. The maximum Gasteiger partial charge on any atom is 1.00 e. The number of H-pyrrole nitrogens is 1. The smallest absolute Gasteiger partial charge is 0.726 e. The molecule has 384 valence electrons. The zero-order chi connectivity index (χ0) is 52.1. The van der Waals surface area contributed by atoms with Crippen molar-refractivity contribution in [1.82, 2.24) is 42.2 Å². The fourth-order valence-corrected chi connectivity index (χ4v) is 8.34. The number of rotatable bonds is 29. The van der Waals surface area contributed by atoms with Crippen LogP contribution in [0.15, 0.2) is 85.1 Å². The molecular weight excluding hydrogens is 1010 g/mol. The van der Waals surface area contributed by atoms with Gasteiger partial charge in [0, 0.05) is 43.3 Å². The largest absolute Gasteiger partial charge is 1.00 e. The molecule has 8 amide bonds. The van der Waals surface area contributed by atoms with Gasteiger partial charge in [-0.25, -0.2) is 8.42 Å². The van der Waals surface area contributed by atoms with E-state index >= 15 is 0 Å². The van der Waals surface area contributed by atoms with Gasteiger partial charge >= 0.3 is 29.6 Å². The van der Waals surface area contributed by atoms with Crippen molar-refractivity contribution < 1.29 is 90.2 Å². The summed E-state index contributed by atoms with van der Waals surface area (Å²) in [6.45, 7) is -0.624. The molecule has 0 aliphatic heterocycles. The van der Waals surface area contributed by atoms with Gasteiger partial charge in [0.2, 0.25) is 57.7 Å². The molecule has 11 N–H and O–H groups in total. The van der Waals surface area contributed by atoms with Gasteiger partial charge in [0.1, 0.15) is 42.0 Å². The van der Waals surface area contributed by atoms with Gasteiger partial charge < -0.3 is 57.6 Å². The molecule has 0 unspecified atom stereocenters. The van der Waals surface area contributed by atoms with E-state index in [1.165, 1.54) is 42.6 Å². The molecule has 0 saturated heterocycles. The van der Waals surface area contributed by atoms with E-state index in [-0.39, 0.29) is 73.2 Å². The Hall–Kier alpha value is -5.67. The number of hydrogen-bond donors (Lipinski definition) is 10. The van der Waals surface area contributed by atoms with Crippen LogP contribution >= 0.6 is 23.5 Å². The topological polar surface area (TPSA) is 349 Å². The van der Waals surface area contributed by atoms with Crippen LogP contribution in [0.1, 0.15) is 36.5 Å². The van der Waals surface area contributed by atoms with Crippen LogP contribution in [0.4, 0.5) is 0 Å². The first-order chi connectivity index (χ1) is 33.8. The third-order valence-corrected chi connectivity index (χ3v) is 12.4. The summed E-state index contributed by atoms with van der Waals surface area (Å²) < 4.78 is 38.8. The first kappa shape index (κ1) is 60.6. The third kappa shape index (κ3) is 20.8. The van der Waals surface area contributed by atoms with Gasteiger partial charge in [0.05, 0.1) is 13.2 Å². The zero-order valence-electron chi connectivity index (χ0n) is 40.1. The molecule has 22 nitrogen and oxygen atoms in total. The van der Waals surface area contributed by atoms with Crippen LogP contribution in [0, 0.1) is 0 Å². The Bertz CT molecular complexity index is 2590. The minimum absolute atomic E-state index is 0. The molecule has 0 spiro atoms. The van der Waals surface area contributed by atoms with Crippen molar-refractivity contribution in [2.45, 2.75) is 75.3 Å². The molecule has 72 heavy (non-hydrogen) atoms. The van der Waals surface area contributed by atoms with Crippen LogP contribution in [-0.2, 0) is 72.2 Å². The summed E-state index contributed by atoms with van der Waals surface area (Å²) in [5.41, 5.74) is 8.07. The number of hydrogen-bond acceptors (Lipinski definition) is 15. The van der Waals surface area contributed by atoms with E-state index in [0.717, 1.165) is 0 Å². The number of para-hydroxylation sites is 1. The second-order valence-electron chi connectivity index (χ2n) is 16.1. The van der Waals surface area contributed by atoms with Crippen molar-refractivity contribution in [3.63, 3.8) is 0 Å². The number of carbonyl (C=O) groups is 8. The average molecular weight is 1060 g/mol. The molecule has 1 heterocycles. The van der Waals surface area contributed by atoms with Crippen LogP contribution in [0.25, 0.3) is 10.9 Å². The molecular formula is C46H58N9NaO13S3. The molecule has 0 fully saturated rings. The molecule has 3 aromatic carbocycles. The van der Waals surface area contributed by atoms with Crippen LogP contribution < -0.4 is 72.5 Å². The molecule has 26 heteroatoms. The van der Waals surface area contributed by atoms with Crippen molar-refractivity contribution >= 4 is 92.1 Å². The molecule has 1 aromatic heterocycles. The van der Waals surface area contributed by atoms with Crippen molar-refractivity contribution in [3.8, 4) is 5.75 Å². The maximum absolute atomic E-state index is 14.3. The number of thioether (sulfide) groups is 2. The monoisotopic (exact) mass is 1060 g/mol. The SMILES string of the molecule is CSCC[C@H](NC(=O)[C@H](Cc1ccc(O)cc1)NC(C)=O)C(=O)NCC(=O)N[C@@H](Cc1c[nH]c2ccccc12)C(=O)N[C@@H](CCSC)C(=O)N[C@@H](COS(=O)(=O)[O-])C(=O)N[C@@H](Cc1ccccc1)C(N)=O.[Na+]. The van der Waals surface area contributed by atoms with Crippen molar-refractivity contribution in [3.05, 3.63) is 102 Å². The molecule has 4 rings (SSSR count). The summed E-state index contributed by atoms with van der Waals surface area (Å²) in [6, 6.07) is 13.2. The number of nitrogens with one attached hydrogen (secondary N) is 8. The van der Waals surface area contributed by atoms with E-state index in [1.54, 1.807) is 85.4 Å². The van der Waals surface area contributed by atoms with Crippen LogP contribution in [-0.4, -0.2) is 144 Å². The summed E-state index contributed by atoms with van der Waals surface area (Å²) >= 11 is 2.70. The molecule has 0 bridgehead atoms. The number of phenols is 1. The summed E-state index contributed by atoms with van der Waals surface area (Å²) in [4.78, 5) is 110. The second-order valence-corrected chi connectivity index (χ2v) is 19.1. The zero-order valence-corrected chi connectivity index (χ0v) is 44.5. The number of benzene rings is 3. The number of phenolic OH excluding ortho intramolecular Hbond substituents is 1. The van der Waals surface area contributed by atoms with Crippen LogP contribution in [0.2, 0.25) is 0 Å². The first-order valence-electron chi connectivity index (χ1n) is 22.1. The predicted octanol–water partition coefficient (Wildman–Crippen LogP) is -3.58. The Balaban J connectivity index is 0.0000137. The summed E-state index contributed by atoms with van der Waals surface area (Å²) in [7, 11) is -5.40. The Morgan fingerprint density at radius 3 is 1.74 bits per heavy atom. The number of carbonyl (C=O) groups excluding carboxylic acids is 8. The van der Waals surface area contributed by atoms with Gasteiger partial charge in [0.25, 0.3) is 0 Å². The minimum Gasteiger partial charge on any atom is -0.726 e. The summed E-state index contributed by atoms with van der Waals surface area (Å²) in [5, 5.41) is 28.0. The van der Waals surface area contributed by atoms with Gasteiger partial charge in [-0.15, -0.1) is 0 Å². The third-order valence-electron chi connectivity index (χ3n) is 10.7. The number of amides is 8. The fourth-order valence-electron chi connectivity index (χ4n) is 7.09. The molecule has 0 aliphatic rings. The minimum atomic E-state index is -5.40. The standard InChI is InChI=1S/C46H59N9O13S3.Na/c1-27(56)50-37(22-29-13-15-31(57)16-14-29)44(62)52-34(17-19-69-2)42(60)49-25-40(58)51-38(23-30-24-48-33-12-8-7-11-32(30)33)45(63)53-35(18-20-70-3)43(61)55-39(26-68-71(65,66)67)46(64)54-36(41(47)59)21-28-9-5-4-6-10-28;/h4-16,24,34-39,48,57H,17-23,25-26H2,1-3H3,(H2,47,59)(H,49,60)(H,50,56)(H,51,58)(H,52,62)(H,53,63)(H,54,64)(H,55,61)(H,65,66,67);/q;+1/p-1/t34-,35-,36-,37-,38-,39-;/m0./s1. The Labute approximate surface area is 447 Å². The first-order valence-corrected chi connectivity index (χ1v) is 26.2. The number of aromatic amines is 1. The summed E-state index contributed by atoms with van der Waals surface area (Å²) in [6.07, 6.45) is 5.05. The van der Waals surface area contributed by atoms with Gasteiger partial charge in [-0.3, -0.25) is 42.5 Å². The van der Waals surface area contributed by atoms with Gasteiger partial charge in [0.15, 0.2) is 0 Å². The predicted molar refractivity (Wildman–Crippen MR) is 265 cm³/mol. The quantitative estimate of drug-likeness (QED) is 0.0143. The van der Waals surface area contributed by atoms with Crippen LogP contribution in [0.3, 0.4) is 0 Å².